The number of aromatic nitrogens is 2. The monoisotopic (exact) mass is 208 g/mol. The van der Waals surface area contributed by atoms with Crippen molar-refractivity contribution < 1.29 is 4.79 Å². The summed E-state index contributed by atoms with van der Waals surface area (Å²) in [5.74, 6) is 0.411. The number of hydrogen-bond acceptors (Lipinski definition) is 4. The minimum absolute atomic E-state index is 0.209. The molecule has 1 heterocycles. The van der Waals surface area contributed by atoms with Crippen molar-refractivity contribution in [3.05, 3.63) is 24.3 Å². The molecular weight excluding hydrogens is 192 g/mol. The Morgan fingerprint density at radius 2 is 2.07 bits per heavy atom. The molecule has 82 valence electrons. The lowest BCUT2D eigenvalue weighted by molar-refractivity contribution is 0.0931. The molecule has 1 amide bonds. The normalized spacial score (nSPS) is 10.3. The highest BCUT2D eigenvalue weighted by Gasteiger charge is 2.03. The van der Waals surface area contributed by atoms with Crippen LogP contribution < -0.4 is 10.9 Å². The van der Waals surface area contributed by atoms with Gasteiger partial charge in [-0.05, 0) is 12.3 Å². The van der Waals surface area contributed by atoms with Crippen LogP contribution in [0.2, 0.25) is 0 Å². The number of carbonyl (C=O) groups excluding carboxylic acids is 1. The molecule has 0 aliphatic rings. The topological polar surface area (TPSA) is 66.9 Å². The Hall–Kier alpha value is -1.49. The molecule has 15 heavy (non-hydrogen) atoms. The summed E-state index contributed by atoms with van der Waals surface area (Å²) >= 11 is 0. The van der Waals surface area contributed by atoms with E-state index in [1.165, 1.54) is 18.7 Å². The Bertz CT molecular complexity index is 300. The Labute approximate surface area is 89.3 Å². The number of nitrogens with one attached hydrogen (secondary N) is 2. The molecule has 0 aliphatic heterocycles. The molecule has 0 fully saturated rings. The van der Waals surface area contributed by atoms with Crippen molar-refractivity contribution in [2.75, 3.05) is 6.54 Å². The van der Waals surface area contributed by atoms with Crippen LogP contribution in [0, 0.1) is 5.92 Å². The van der Waals surface area contributed by atoms with Crippen molar-refractivity contribution in [2.24, 2.45) is 5.92 Å². The lowest BCUT2D eigenvalue weighted by Gasteiger charge is -2.07. The van der Waals surface area contributed by atoms with E-state index >= 15 is 0 Å². The van der Waals surface area contributed by atoms with E-state index in [1.54, 1.807) is 0 Å². The minimum Gasteiger partial charge on any atom is -0.287 e. The van der Waals surface area contributed by atoms with Gasteiger partial charge in [-0.1, -0.05) is 13.8 Å². The van der Waals surface area contributed by atoms with Crippen LogP contribution in [-0.4, -0.2) is 22.4 Å². The van der Waals surface area contributed by atoms with E-state index in [1.807, 2.05) is 0 Å². The largest absolute Gasteiger partial charge is 0.287 e. The molecule has 0 spiro atoms. The Morgan fingerprint density at radius 1 is 1.40 bits per heavy atom. The van der Waals surface area contributed by atoms with Crippen molar-refractivity contribution in [1.82, 2.24) is 20.8 Å². The average molecular weight is 208 g/mol. The van der Waals surface area contributed by atoms with Crippen LogP contribution in [-0.2, 0) is 0 Å². The third-order valence-corrected chi connectivity index (χ3v) is 1.87. The Kier molecular flexibility index (Phi) is 4.70. The minimum atomic E-state index is -0.209. The summed E-state index contributed by atoms with van der Waals surface area (Å²) in [7, 11) is 0. The maximum Gasteiger partial charge on any atom is 0.268 e. The number of carbonyl (C=O) groups is 1. The van der Waals surface area contributed by atoms with E-state index < -0.39 is 0 Å². The van der Waals surface area contributed by atoms with Gasteiger partial charge in [0, 0.05) is 18.9 Å². The van der Waals surface area contributed by atoms with Crippen molar-refractivity contribution in [3.8, 4) is 0 Å². The van der Waals surface area contributed by atoms with Crippen LogP contribution in [0.25, 0.3) is 0 Å². The average Bonchev–Trinajstić information content (AvgIpc) is 2.25. The first kappa shape index (κ1) is 11.6. The molecule has 0 aliphatic carbocycles. The summed E-state index contributed by atoms with van der Waals surface area (Å²) < 4.78 is 0. The predicted octanol–water partition coefficient (Wildman–Crippen LogP) is 0.757. The molecule has 1 rings (SSSR count). The molecule has 1 aromatic heterocycles. The van der Waals surface area contributed by atoms with Gasteiger partial charge in [-0.15, -0.1) is 0 Å². The fraction of sp³-hybridized carbons (Fsp3) is 0.500. The van der Waals surface area contributed by atoms with Gasteiger partial charge in [0.15, 0.2) is 0 Å². The molecule has 5 nitrogen and oxygen atoms in total. The Morgan fingerprint density at radius 3 is 2.67 bits per heavy atom. The van der Waals surface area contributed by atoms with Crippen LogP contribution in [0.3, 0.4) is 0 Å². The zero-order valence-corrected chi connectivity index (χ0v) is 9.03. The summed E-state index contributed by atoms with van der Waals surface area (Å²) in [4.78, 5) is 19.0. The molecule has 0 saturated carbocycles. The van der Waals surface area contributed by atoms with E-state index in [0.717, 1.165) is 13.0 Å². The maximum absolute atomic E-state index is 11.4. The van der Waals surface area contributed by atoms with Crippen LogP contribution in [0.15, 0.2) is 18.7 Å². The number of hydrogen-bond donors (Lipinski definition) is 2. The SMILES string of the molecule is CC(C)CCNNC(=O)c1cncnc1. The van der Waals surface area contributed by atoms with Gasteiger partial charge in [0.05, 0.1) is 5.56 Å². The van der Waals surface area contributed by atoms with Gasteiger partial charge in [-0.2, -0.15) is 0 Å². The highest BCUT2D eigenvalue weighted by Crippen LogP contribution is 1.96. The van der Waals surface area contributed by atoms with Crippen LogP contribution in [0.4, 0.5) is 0 Å². The molecule has 1 aromatic rings. The van der Waals surface area contributed by atoms with Crippen molar-refractivity contribution >= 4 is 5.91 Å². The van der Waals surface area contributed by atoms with Gasteiger partial charge in [0.2, 0.25) is 0 Å². The van der Waals surface area contributed by atoms with Gasteiger partial charge in [-0.3, -0.25) is 10.2 Å². The van der Waals surface area contributed by atoms with Crippen molar-refractivity contribution in [1.29, 1.82) is 0 Å². The second-order valence-corrected chi connectivity index (χ2v) is 3.69. The lowest BCUT2D eigenvalue weighted by atomic mass is 10.1. The molecule has 0 bridgehead atoms. The van der Waals surface area contributed by atoms with Crippen molar-refractivity contribution in [3.63, 3.8) is 0 Å². The number of amides is 1. The third-order valence-electron chi connectivity index (χ3n) is 1.87. The zero-order valence-electron chi connectivity index (χ0n) is 9.03. The Balaban J connectivity index is 2.25. The number of hydrazine groups is 1. The van der Waals surface area contributed by atoms with E-state index in [2.05, 4.69) is 34.7 Å². The molecule has 0 saturated heterocycles. The fourth-order valence-electron chi connectivity index (χ4n) is 0.992. The summed E-state index contributed by atoms with van der Waals surface area (Å²) in [6.45, 7) is 5.03. The second kappa shape index (κ2) is 6.08. The summed E-state index contributed by atoms with van der Waals surface area (Å²) in [6.07, 6.45) is 5.37. The first-order chi connectivity index (χ1) is 7.20. The van der Waals surface area contributed by atoms with E-state index in [9.17, 15) is 4.79 Å². The second-order valence-electron chi connectivity index (χ2n) is 3.69. The standard InChI is InChI=1S/C10H16N4O/c1-8(2)3-4-13-14-10(15)9-5-11-7-12-6-9/h5-8,13H,3-4H2,1-2H3,(H,14,15). The van der Waals surface area contributed by atoms with Gasteiger partial charge in [0.1, 0.15) is 6.33 Å². The third kappa shape index (κ3) is 4.51. The van der Waals surface area contributed by atoms with Crippen LogP contribution in [0.1, 0.15) is 30.6 Å². The zero-order chi connectivity index (χ0) is 11.1. The van der Waals surface area contributed by atoms with Crippen LogP contribution >= 0.6 is 0 Å². The summed E-state index contributed by atoms with van der Waals surface area (Å²) in [5.41, 5.74) is 5.90. The maximum atomic E-state index is 11.4. The molecule has 5 heteroatoms. The van der Waals surface area contributed by atoms with E-state index in [4.69, 9.17) is 0 Å². The van der Waals surface area contributed by atoms with Gasteiger partial charge in [-0.25, -0.2) is 15.4 Å². The summed E-state index contributed by atoms with van der Waals surface area (Å²) in [6, 6.07) is 0. The first-order valence-corrected chi connectivity index (χ1v) is 4.98. The van der Waals surface area contributed by atoms with Crippen molar-refractivity contribution in [2.45, 2.75) is 20.3 Å². The molecule has 0 atom stereocenters. The highest BCUT2D eigenvalue weighted by atomic mass is 16.2. The molecule has 0 unspecified atom stereocenters. The first-order valence-electron chi connectivity index (χ1n) is 4.98. The molecular formula is C10H16N4O. The van der Waals surface area contributed by atoms with E-state index in [-0.39, 0.29) is 5.91 Å². The molecule has 0 radical (unpaired) electrons. The lowest BCUT2D eigenvalue weighted by Crippen LogP contribution is -2.38. The molecule has 2 N–H and O–H groups in total. The van der Waals surface area contributed by atoms with Gasteiger partial charge < -0.3 is 0 Å². The van der Waals surface area contributed by atoms with Crippen LogP contribution in [0.5, 0.6) is 0 Å². The predicted molar refractivity (Wildman–Crippen MR) is 57.0 cm³/mol. The number of rotatable bonds is 5. The van der Waals surface area contributed by atoms with Gasteiger partial charge in [0.25, 0.3) is 5.91 Å². The summed E-state index contributed by atoms with van der Waals surface area (Å²) in [5, 5.41) is 0. The van der Waals surface area contributed by atoms with Gasteiger partial charge >= 0.3 is 0 Å². The smallest absolute Gasteiger partial charge is 0.268 e. The highest BCUT2D eigenvalue weighted by molar-refractivity contribution is 5.93. The number of nitrogens with zero attached hydrogens (tertiary/aromatic N) is 2. The molecule has 0 aromatic carbocycles. The van der Waals surface area contributed by atoms with E-state index in [0.29, 0.717) is 11.5 Å². The fourth-order valence-corrected chi connectivity index (χ4v) is 0.992. The quantitative estimate of drug-likeness (QED) is 0.553.